The molecule has 156 valence electrons. The van der Waals surface area contributed by atoms with E-state index >= 15 is 0 Å². The van der Waals surface area contributed by atoms with E-state index in [1.165, 1.54) is 22.5 Å². The molecule has 1 saturated heterocycles. The average molecular weight is 421 g/mol. The lowest BCUT2D eigenvalue weighted by Crippen LogP contribution is -2.43. The van der Waals surface area contributed by atoms with E-state index in [0.29, 0.717) is 26.0 Å². The average Bonchev–Trinajstić information content (AvgIpc) is 2.73. The van der Waals surface area contributed by atoms with Crippen LogP contribution in [0.3, 0.4) is 0 Å². The molecule has 29 heavy (non-hydrogen) atoms. The van der Waals surface area contributed by atoms with Gasteiger partial charge in [-0.05, 0) is 49.6 Å². The van der Waals surface area contributed by atoms with Gasteiger partial charge in [0.05, 0.1) is 6.61 Å². The van der Waals surface area contributed by atoms with Crippen molar-refractivity contribution >= 4 is 15.9 Å². The first-order valence-electron chi connectivity index (χ1n) is 9.66. The fourth-order valence-electron chi connectivity index (χ4n) is 3.40. The summed E-state index contributed by atoms with van der Waals surface area (Å²) in [5.74, 6) is -0.376. The van der Waals surface area contributed by atoms with E-state index in [1.807, 2.05) is 31.2 Å². The van der Waals surface area contributed by atoms with Gasteiger partial charge in [-0.2, -0.15) is 4.31 Å². The summed E-state index contributed by atoms with van der Waals surface area (Å²) in [6.07, 6.45) is 0.803. The van der Waals surface area contributed by atoms with Crippen LogP contribution in [-0.4, -0.2) is 38.3 Å². The van der Waals surface area contributed by atoms with E-state index in [2.05, 4.69) is 5.32 Å². The molecule has 2 aromatic rings. The third-order valence-electron chi connectivity index (χ3n) is 4.96. The molecule has 1 aliphatic rings. The highest BCUT2D eigenvalue weighted by atomic mass is 32.2. The maximum absolute atomic E-state index is 13.9. The Bertz CT molecular complexity index is 957. The van der Waals surface area contributed by atoms with Gasteiger partial charge in [-0.3, -0.25) is 4.79 Å². The minimum atomic E-state index is -3.89. The van der Waals surface area contributed by atoms with Gasteiger partial charge in [-0.15, -0.1) is 0 Å². The first-order chi connectivity index (χ1) is 13.9. The first kappa shape index (κ1) is 21.3. The Labute approximate surface area is 170 Å². The van der Waals surface area contributed by atoms with Crippen LogP contribution in [0, 0.1) is 11.7 Å². The Kier molecular flexibility index (Phi) is 6.87. The molecule has 1 fully saturated rings. The molecule has 1 N–H and O–H groups in total. The van der Waals surface area contributed by atoms with Crippen LogP contribution in [0.25, 0.3) is 0 Å². The normalized spacial score (nSPS) is 15.8. The third kappa shape index (κ3) is 5.13. The third-order valence-corrected chi connectivity index (χ3v) is 6.89. The number of amides is 1. The second kappa shape index (κ2) is 9.37. The Hall–Kier alpha value is -2.45. The maximum atomic E-state index is 13.9. The maximum Gasteiger partial charge on any atom is 0.245 e. The van der Waals surface area contributed by atoms with Gasteiger partial charge < -0.3 is 10.1 Å². The summed E-state index contributed by atoms with van der Waals surface area (Å²) in [5, 5.41) is 2.91. The van der Waals surface area contributed by atoms with Gasteiger partial charge in [-0.25, -0.2) is 12.8 Å². The zero-order valence-corrected chi connectivity index (χ0v) is 17.1. The van der Waals surface area contributed by atoms with Crippen LogP contribution in [0.4, 0.5) is 4.39 Å². The molecular formula is C21H25FN2O4S. The summed E-state index contributed by atoms with van der Waals surface area (Å²) >= 11 is 0. The van der Waals surface area contributed by atoms with Crippen molar-refractivity contribution in [2.75, 3.05) is 19.7 Å². The number of benzene rings is 2. The lowest BCUT2D eigenvalue weighted by molar-refractivity contribution is -0.126. The molecule has 0 aromatic heterocycles. The standard InChI is InChI=1S/C21H25FN2O4S/c1-2-28-18-7-5-6-16(14-18)15-23-21(25)17-10-12-24(13-11-17)29(26,27)20-9-4-3-8-19(20)22/h3-9,14,17H,2,10-13,15H2,1H3,(H,23,25). The van der Waals surface area contributed by atoms with Gasteiger partial charge in [0.25, 0.3) is 0 Å². The van der Waals surface area contributed by atoms with Gasteiger partial charge >= 0.3 is 0 Å². The van der Waals surface area contributed by atoms with Crippen molar-refractivity contribution in [3.8, 4) is 5.75 Å². The zero-order chi connectivity index (χ0) is 20.9. The quantitative estimate of drug-likeness (QED) is 0.747. The molecule has 0 atom stereocenters. The molecular weight excluding hydrogens is 395 g/mol. The smallest absolute Gasteiger partial charge is 0.245 e. The summed E-state index contributed by atoms with van der Waals surface area (Å²) in [6.45, 7) is 3.24. The minimum absolute atomic E-state index is 0.102. The Morgan fingerprint density at radius 1 is 1.17 bits per heavy atom. The number of nitrogens with zero attached hydrogens (tertiary/aromatic N) is 1. The van der Waals surface area contributed by atoms with Gasteiger partial charge in [-0.1, -0.05) is 24.3 Å². The number of piperidine rings is 1. The number of carbonyl (C=O) groups is 1. The summed E-state index contributed by atoms with van der Waals surface area (Å²) in [4.78, 5) is 12.2. The largest absolute Gasteiger partial charge is 0.494 e. The number of halogens is 1. The molecule has 1 heterocycles. The predicted octanol–water partition coefficient (Wildman–Crippen LogP) is 2.94. The fourth-order valence-corrected chi connectivity index (χ4v) is 4.93. The van der Waals surface area contributed by atoms with Crippen molar-refractivity contribution in [3.63, 3.8) is 0 Å². The summed E-state index contributed by atoms with van der Waals surface area (Å²) < 4.78 is 45.9. The van der Waals surface area contributed by atoms with Crippen LogP contribution >= 0.6 is 0 Å². The predicted molar refractivity (Wildman–Crippen MR) is 107 cm³/mol. The van der Waals surface area contributed by atoms with Crippen molar-refractivity contribution < 1.29 is 22.3 Å². The molecule has 0 aliphatic carbocycles. The van der Waals surface area contributed by atoms with Crippen molar-refractivity contribution in [2.45, 2.75) is 31.2 Å². The Morgan fingerprint density at radius 3 is 2.59 bits per heavy atom. The summed E-state index contributed by atoms with van der Waals surface area (Å²) in [7, 11) is -3.89. The highest BCUT2D eigenvalue weighted by Crippen LogP contribution is 2.25. The van der Waals surface area contributed by atoms with Gasteiger partial charge in [0.15, 0.2) is 0 Å². The van der Waals surface area contributed by atoms with Crippen LogP contribution in [-0.2, 0) is 21.4 Å². The number of sulfonamides is 1. The summed E-state index contributed by atoms with van der Waals surface area (Å²) in [5.41, 5.74) is 0.934. The summed E-state index contributed by atoms with van der Waals surface area (Å²) in [6, 6.07) is 12.9. The number of ether oxygens (including phenoxy) is 1. The van der Waals surface area contributed by atoms with Crippen molar-refractivity contribution in [1.29, 1.82) is 0 Å². The van der Waals surface area contributed by atoms with E-state index in [4.69, 9.17) is 4.74 Å². The van der Waals surface area contributed by atoms with Crippen LogP contribution in [0.5, 0.6) is 5.75 Å². The Morgan fingerprint density at radius 2 is 1.90 bits per heavy atom. The van der Waals surface area contributed by atoms with Crippen molar-refractivity contribution in [3.05, 3.63) is 59.9 Å². The number of rotatable bonds is 7. The molecule has 0 bridgehead atoms. The minimum Gasteiger partial charge on any atom is -0.494 e. The molecule has 0 unspecified atom stereocenters. The molecule has 0 radical (unpaired) electrons. The Balaban J connectivity index is 1.54. The first-order valence-corrected chi connectivity index (χ1v) is 11.1. The van der Waals surface area contributed by atoms with Crippen LogP contribution in [0.2, 0.25) is 0 Å². The highest BCUT2D eigenvalue weighted by Gasteiger charge is 2.33. The second-order valence-corrected chi connectivity index (χ2v) is 8.81. The molecule has 1 aliphatic heterocycles. The van der Waals surface area contributed by atoms with Crippen molar-refractivity contribution in [1.82, 2.24) is 9.62 Å². The number of nitrogens with one attached hydrogen (secondary N) is 1. The van der Waals surface area contributed by atoms with Gasteiger partial charge in [0, 0.05) is 25.6 Å². The van der Waals surface area contributed by atoms with E-state index in [0.717, 1.165) is 17.4 Å². The molecule has 8 heteroatoms. The van der Waals surface area contributed by atoms with E-state index < -0.39 is 15.8 Å². The molecule has 1 amide bonds. The van der Waals surface area contributed by atoms with Gasteiger partial charge in [0.1, 0.15) is 16.5 Å². The SMILES string of the molecule is CCOc1cccc(CNC(=O)C2CCN(S(=O)(=O)c3ccccc3F)CC2)c1. The van der Waals surface area contributed by atoms with E-state index in [9.17, 15) is 17.6 Å². The fraction of sp³-hybridized carbons (Fsp3) is 0.381. The lowest BCUT2D eigenvalue weighted by atomic mass is 9.97. The zero-order valence-electron chi connectivity index (χ0n) is 16.3. The van der Waals surface area contributed by atoms with E-state index in [-0.39, 0.29) is 29.8 Å². The highest BCUT2D eigenvalue weighted by molar-refractivity contribution is 7.89. The molecule has 6 nitrogen and oxygen atoms in total. The van der Waals surface area contributed by atoms with E-state index in [1.54, 1.807) is 0 Å². The lowest BCUT2D eigenvalue weighted by Gasteiger charge is -2.30. The molecule has 0 saturated carbocycles. The van der Waals surface area contributed by atoms with Crippen LogP contribution < -0.4 is 10.1 Å². The second-order valence-electron chi connectivity index (χ2n) is 6.91. The number of hydrogen-bond donors (Lipinski definition) is 1. The molecule has 2 aromatic carbocycles. The van der Waals surface area contributed by atoms with Crippen LogP contribution in [0.15, 0.2) is 53.4 Å². The van der Waals surface area contributed by atoms with Crippen LogP contribution in [0.1, 0.15) is 25.3 Å². The van der Waals surface area contributed by atoms with Gasteiger partial charge in [0.2, 0.25) is 15.9 Å². The monoisotopic (exact) mass is 420 g/mol. The van der Waals surface area contributed by atoms with Crippen molar-refractivity contribution in [2.24, 2.45) is 5.92 Å². The number of hydrogen-bond acceptors (Lipinski definition) is 4. The molecule has 3 rings (SSSR count). The number of carbonyl (C=O) groups excluding carboxylic acids is 1. The topological polar surface area (TPSA) is 75.7 Å². The molecule has 0 spiro atoms.